The van der Waals surface area contributed by atoms with Crippen LogP contribution in [-0.4, -0.2) is 81.5 Å². The molecule has 15 nitrogen and oxygen atoms in total. The molecule has 0 bridgehead atoms. The molecule has 4 amide bonds. The van der Waals surface area contributed by atoms with E-state index in [1.807, 2.05) is 5.32 Å². The third kappa shape index (κ3) is 12.4. The van der Waals surface area contributed by atoms with Gasteiger partial charge in [0.2, 0.25) is 23.6 Å². The van der Waals surface area contributed by atoms with Crippen LogP contribution in [0, 0.1) is 0 Å². The molecule has 31 heavy (non-hydrogen) atoms. The van der Waals surface area contributed by atoms with Gasteiger partial charge in [0.05, 0.1) is 19.0 Å². The lowest BCUT2D eigenvalue weighted by molar-refractivity contribution is -0.143. The largest absolute Gasteiger partial charge is 0.481 e. The number of carboxylic acids is 3. The summed E-state index contributed by atoms with van der Waals surface area (Å²) in [5, 5.41) is 32.5. The van der Waals surface area contributed by atoms with Crippen molar-refractivity contribution in [3.63, 3.8) is 0 Å². The maximum absolute atomic E-state index is 12.3. The van der Waals surface area contributed by atoms with E-state index in [1.54, 1.807) is 0 Å². The van der Waals surface area contributed by atoms with Crippen LogP contribution in [0.1, 0.15) is 32.1 Å². The van der Waals surface area contributed by atoms with E-state index < -0.39 is 85.5 Å². The van der Waals surface area contributed by atoms with Gasteiger partial charge in [0.1, 0.15) is 12.1 Å². The number of aliphatic carboxylic acids is 3. The van der Waals surface area contributed by atoms with Gasteiger partial charge in [-0.25, -0.2) is 4.79 Å². The zero-order valence-electron chi connectivity index (χ0n) is 16.3. The summed E-state index contributed by atoms with van der Waals surface area (Å²) in [5.41, 5.74) is 10.5. The summed E-state index contributed by atoms with van der Waals surface area (Å²) in [7, 11) is 0. The molecule has 0 aromatic carbocycles. The van der Waals surface area contributed by atoms with Crippen LogP contribution in [0.15, 0.2) is 0 Å². The Kier molecular flexibility index (Phi) is 11.8. The summed E-state index contributed by atoms with van der Waals surface area (Å²) >= 11 is 0. The summed E-state index contributed by atoms with van der Waals surface area (Å²) in [6.45, 7) is -0.677. The normalized spacial score (nSPS) is 13.2. The highest BCUT2D eigenvalue weighted by molar-refractivity contribution is 5.95. The molecule has 0 saturated carbocycles. The Bertz CT molecular complexity index is 726. The zero-order chi connectivity index (χ0) is 24.1. The molecule has 0 aromatic rings. The lowest BCUT2D eigenvalue weighted by Crippen LogP contribution is -2.54. The van der Waals surface area contributed by atoms with Crippen molar-refractivity contribution in [2.45, 2.75) is 50.2 Å². The van der Waals surface area contributed by atoms with Gasteiger partial charge in [0, 0.05) is 12.8 Å². The Morgan fingerprint density at radius 2 is 1.32 bits per heavy atom. The predicted octanol–water partition coefficient (Wildman–Crippen LogP) is -3.91. The van der Waals surface area contributed by atoms with E-state index >= 15 is 0 Å². The first-order chi connectivity index (χ1) is 14.3. The van der Waals surface area contributed by atoms with Crippen LogP contribution in [-0.2, 0) is 33.6 Å². The molecule has 0 saturated heterocycles. The van der Waals surface area contributed by atoms with Gasteiger partial charge in [-0.15, -0.1) is 0 Å². The quantitative estimate of drug-likeness (QED) is 0.120. The highest BCUT2D eigenvalue weighted by Gasteiger charge is 2.28. The first-order valence-electron chi connectivity index (χ1n) is 8.91. The van der Waals surface area contributed by atoms with Crippen molar-refractivity contribution >= 4 is 41.5 Å². The van der Waals surface area contributed by atoms with Crippen LogP contribution in [0.4, 0.5) is 0 Å². The summed E-state index contributed by atoms with van der Waals surface area (Å²) in [6.07, 6.45) is -2.25. The SMILES string of the molecule is NC(=O)CC(NC(=O)CNC(=O)C(N)CCC(=O)O)C(=O)NC(CCC(=O)O)C(=O)O. The number of carbonyl (C=O) groups excluding carboxylic acids is 4. The van der Waals surface area contributed by atoms with Crippen LogP contribution in [0.25, 0.3) is 0 Å². The van der Waals surface area contributed by atoms with Crippen molar-refractivity contribution in [3.05, 3.63) is 0 Å². The summed E-state index contributed by atoms with van der Waals surface area (Å²) in [4.78, 5) is 79.4. The Labute approximate surface area is 175 Å². The second-order valence-corrected chi connectivity index (χ2v) is 6.38. The zero-order valence-corrected chi connectivity index (χ0v) is 16.3. The average molecular weight is 447 g/mol. The maximum Gasteiger partial charge on any atom is 0.326 e. The summed E-state index contributed by atoms with van der Waals surface area (Å²) in [5.74, 6) is -7.86. The smallest absolute Gasteiger partial charge is 0.326 e. The van der Waals surface area contributed by atoms with E-state index in [0.29, 0.717) is 0 Å². The van der Waals surface area contributed by atoms with Crippen LogP contribution in [0.5, 0.6) is 0 Å². The highest BCUT2D eigenvalue weighted by atomic mass is 16.4. The third-order valence-corrected chi connectivity index (χ3v) is 3.75. The first-order valence-corrected chi connectivity index (χ1v) is 8.91. The molecule has 10 N–H and O–H groups in total. The van der Waals surface area contributed by atoms with Crippen LogP contribution >= 0.6 is 0 Å². The second-order valence-electron chi connectivity index (χ2n) is 6.38. The number of amides is 4. The van der Waals surface area contributed by atoms with Gasteiger partial charge in [0.15, 0.2) is 0 Å². The molecule has 174 valence electrons. The van der Waals surface area contributed by atoms with Gasteiger partial charge in [0.25, 0.3) is 0 Å². The molecular weight excluding hydrogens is 422 g/mol. The third-order valence-electron chi connectivity index (χ3n) is 3.75. The van der Waals surface area contributed by atoms with E-state index in [0.717, 1.165) is 0 Å². The molecule has 3 unspecified atom stereocenters. The van der Waals surface area contributed by atoms with E-state index in [-0.39, 0.29) is 12.8 Å². The number of nitrogens with two attached hydrogens (primary N) is 2. The first kappa shape index (κ1) is 27.2. The lowest BCUT2D eigenvalue weighted by atomic mass is 10.1. The van der Waals surface area contributed by atoms with Gasteiger partial charge in [-0.3, -0.25) is 28.8 Å². The number of carboxylic acid groups (broad SMARTS) is 3. The average Bonchev–Trinajstić information content (AvgIpc) is 2.65. The van der Waals surface area contributed by atoms with E-state index in [9.17, 15) is 33.6 Å². The van der Waals surface area contributed by atoms with Gasteiger partial charge >= 0.3 is 17.9 Å². The highest BCUT2D eigenvalue weighted by Crippen LogP contribution is 2.01. The topological polar surface area (TPSA) is 268 Å². The molecule has 0 aliphatic rings. The van der Waals surface area contributed by atoms with Crippen molar-refractivity contribution in [1.29, 1.82) is 0 Å². The Morgan fingerprint density at radius 1 is 0.774 bits per heavy atom. The minimum atomic E-state index is -1.59. The molecule has 0 fully saturated rings. The van der Waals surface area contributed by atoms with E-state index in [1.165, 1.54) is 0 Å². The van der Waals surface area contributed by atoms with Crippen molar-refractivity contribution in [2.75, 3.05) is 6.54 Å². The van der Waals surface area contributed by atoms with E-state index in [2.05, 4.69) is 10.6 Å². The molecule has 0 aliphatic carbocycles. The van der Waals surface area contributed by atoms with Crippen molar-refractivity contribution in [3.8, 4) is 0 Å². The van der Waals surface area contributed by atoms with Crippen molar-refractivity contribution in [1.82, 2.24) is 16.0 Å². The standard InChI is InChI=1S/C16H25N5O10/c17-7(1-3-12(24)25)14(28)19-6-11(23)20-9(5-10(18)22)15(29)21-8(16(30)31)2-4-13(26)27/h7-9H,1-6,17H2,(H2,18,22)(H,19,28)(H,20,23)(H,21,29)(H,24,25)(H,26,27)(H,30,31). The summed E-state index contributed by atoms with van der Waals surface area (Å²) in [6, 6.07) is -4.38. The van der Waals surface area contributed by atoms with Gasteiger partial charge in [-0.05, 0) is 12.8 Å². The fourth-order valence-electron chi connectivity index (χ4n) is 2.16. The van der Waals surface area contributed by atoms with E-state index in [4.69, 9.17) is 26.8 Å². The Balaban J connectivity index is 4.90. The number of carbonyl (C=O) groups is 7. The van der Waals surface area contributed by atoms with Crippen molar-refractivity contribution in [2.24, 2.45) is 11.5 Å². The van der Waals surface area contributed by atoms with Crippen LogP contribution in [0.3, 0.4) is 0 Å². The number of hydrogen-bond acceptors (Lipinski definition) is 8. The van der Waals surface area contributed by atoms with Crippen LogP contribution < -0.4 is 27.4 Å². The summed E-state index contributed by atoms with van der Waals surface area (Å²) < 4.78 is 0. The number of rotatable bonds is 15. The second kappa shape index (κ2) is 13.5. The van der Waals surface area contributed by atoms with Gasteiger partial charge in [-0.2, -0.15) is 0 Å². The molecule has 0 spiro atoms. The van der Waals surface area contributed by atoms with Crippen LogP contribution in [0.2, 0.25) is 0 Å². The lowest BCUT2D eigenvalue weighted by Gasteiger charge is -2.20. The maximum atomic E-state index is 12.3. The molecule has 0 aliphatic heterocycles. The molecule has 3 atom stereocenters. The van der Waals surface area contributed by atoms with Gasteiger partial charge < -0.3 is 42.7 Å². The Hall–Kier alpha value is -3.75. The molecule has 0 rings (SSSR count). The Morgan fingerprint density at radius 3 is 1.81 bits per heavy atom. The fourth-order valence-corrected chi connectivity index (χ4v) is 2.16. The van der Waals surface area contributed by atoms with Crippen molar-refractivity contribution < 1.29 is 48.9 Å². The predicted molar refractivity (Wildman–Crippen MR) is 100 cm³/mol. The number of hydrogen-bond donors (Lipinski definition) is 8. The minimum Gasteiger partial charge on any atom is -0.481 e. The monoisotopic (exact) mass is 447 g/mol. The molecular formula is C16H25N5O10. The van der Waals surface area contributed by atoms with Gasteiger partial charge in [-0.1, -0.05) is 0 Å². The minimum absolute atomic E-state index is 0.178. The number of nitrogens with one attached hydrogen (secondary N) is 3. The molecule has 15 heteroatoms. The molecule has 0 aromatic heterocycles. The fraction of sp³-hybridized carbons (Fsp3) is 0.562. The molecule has 0 radical (unpaired) electrons. The number of primary amides is 1. The molecule has 0 heterocycles.